The molecule has 16 heavy (non-hydrogen) atoms. The fraction of sp³-hybridized carbons (Fsp3) is 0.0833. The van der Waals surface area contributed by atoms with Crippen molar-refractivity contribution >= 4 is 11.5 Å². The molecule has 0 saturated carbocycles. The van der Waals surface area contributed by atoms with Crippen molar-refractivity contribution < 1.29 is 9.53 Å². The highest BCUT2D eigenvalue weighted by Gasteiger charge is 2.08. The molecule has 4 nitrogen and oxygen atoms in total. The van der Waals surface area contributed by atoms with E-state index >= 15 is 0 Å². The average molecular weight is 212 g/mol. The summed E-state index contributed by atoms with van der Waals surface area (Å²) in [5, 5.41) is 17.8. The average Bonchev–Trinajstić information content (AvgIpc) is 2.35. The van der Waals surface area contributed by atoms with Gasteiger partial charge in [0, 0.05) is 11.6 Å². The van der Waals surface area contributed by atoms with Gasteiger partial charge in [0.05, 0.1) is 24.3 Å². The zero-order chi connectivity index (χ0) is 12.0. The van der Waals surface area contributed by atoms with Crippen LogP contribution in [-0.2, 0) is 9.53 Å². The van der Waals surface area contributed by atoms with Crippen LogP contribution in [0.5, 0.6) is 0 Å². The zero-order valence-electron chi connectivity index (χ0n) is 8.60. The molecule has 0 aromatic heterocycles. The maximum absolute atomic E-state index is 11.0. The van der Waals surface area contributed by atoms with Gasteiger partial charge in [-0.2, -0.15) is 10.5 Å². The smallest absolute Gasteiger partial charge is 0.331 e. The number of carbonyl (C=O) groups is 1. The predicted octanol–water partition coefficient (Wildman–Crippen LogP) is 1.64. The Hall–Kier alpha value is -2.59. The molecule has 0 amide bonds. The van der Waals surface area contributed by atoms with E-state index in [1.807, 2.05) is 12.1 Å². The van der Waals surface area contributed by atoms with E-state index in [-0.39, 0.29) is 5.57 Å². The van der Waals surface area contributed by atoms with Gasteiger partial charge in [-0.15, -0.1) is 0 Å². The highest BCUT2D eigenvalue weighted by atomic mass is 16.5. The van der Waals surface area contributed by atoms with Gasteiger partial charge in [0.1, 0.15) is 6.07 Å². The summed E-state index contributed by atoms with van der Waals surface area (Å²) in [6.07, 6.45) is 1.07. The Bertz CT molecular complexity index is 519. The first-order valence-corrected chi connectivity index (χ1v) is 4.42. The fourth-order valence-electron chi connectivity index (χ4n) is 1.16. The lowest BCUT2D eigenvalue weighted by atomic mass is 10.0. The Morgan fingerprint density at radius 2 is 2.06 bits per heavy atom. The van der Waals surface area contributed by atoms with E-state index in [2.05, 4.69) is 4.74 Å². The first-order chi connectivity index (χ1) is 7.72. The van der Waals surface area contributed by atoms with Crippen molar-refractivity contribution in [2.75, 3.05) is 7.11 Å². The summed E-state index contributed by atoms with van der Waals surface area (Å²) in [6.45, 7) is 0. The SMILES string of the molecule is COC(=O)C=C(C#N)c1ccccc1C#N. The molecule has 4 heteroatoms. The molecule has 0 aliphatic rings. The van der Waals surface area contributed by atoms with E-state index in [1.54, 1.807) is 24.3 Å². The van der Waals surface area contributed by atoms with Crippen LogP contribution in [0, 0.1) is 22.7 Å². The number of hydrogen-bond donors (Lipinski definition) is 0. The molecule has 1 rings (SSSR count). The third-order valence-electron chi connectivity index (χ3n) is 1.92. The standard InChI is InChI=1S/C12H8N2O2/c1-16-12(15)6-10(8-14)11-5-3-2-4-9(11)7-13/h2-6H,1H3. The number of methoxy groups -OCH3 is 1. The largest absolute Gasteiger partial charge is 0.466 e. The summed E-state index contributed by atoms with van der Waals surface area (Å²) in [4.78, 5) is 11.0. The summed E-state index contributed by atoms with van der Waals surface area (Å²) >= 11 is 0. The minimum Gasteiger partial charge on any atom is -0.466 e. The second kappa shape index (κ2) is 5.33. The van der Waals surface area contributed by atoms with Crippen molar-refractivity contribution in [3.8, 4) is 12.1 Å². The van der Waals surface area contributed by atoms with Crippen molar-refractivity contribution in [3.05, 3.63) is 41.5 Å². The summed E-state index contributed by atoms with van der Waals surface area (Å²) in [5.41, 5.74) is 0.890. The molecule has 0 aliphatic heterocycles. The lowest BCUT2D eigenvalue weighted by Crippen LogP contribution is -1.97. The lowest BCUT2D eigenvalue weighted by molar-refractivity contribution is -0.134. The van der Waals surface area contributed by atoms with Crippen LogP contribution < -0.4 is 0 Å². The molecule has 0 bridgehead atoms. The third-order valence-corrected chi connectivity index (χ3v) is 1.92. The minimum absolute atomic E-state index is 0.115. The first-order valence-electron chi connectivity index (χ1n) is 4.42. The summed E-state index contributed by atoms with van der Waals surface area (Å²) in [6, 6.07) is 10.4. The molecule has 0 spiro atoms. The topological polar surface area (TPSA) is 73.9 Å². The number of benzene rings is 1. The fourth-order valence-corrected chi connectivity index (χ4v) is 1.16. The second-order valence-corrected chi connectivity index (χ2v) is 2.85. The molecule has 0 radical (unpaired) electrons. The molecule has 78 valence electrons. The minimum atomic E-state index is -0.621. The van der Waals surface area contributed by atoms with E-state index in [0.717, 1.165) is 6.08 Å². The number of esters is 1. The van der Waals surface area contributed by atoms with Gasteiger partial charge >= 0.3 is 5.97 Å². The lowest BCUT2D eigenvalue weighted by Gasteiger charge is -2.00. The Morgan fingerprint density at radius 1 is 1.38 bits per heavy atom. The van der Waals surface area contributed by atoms with E-state index in [4.69, 9.17) is 10.5 Å². The van der Waals surface area contributed by atoms with Crippen LogP contribution in [0.2, 0.25) is 0 Å². The van der Waals surface area contributed by atoms with E-state index in [1.165, 1.54) is 7.11 Å². The Balaban J connectivity index is 3.27. The normalized spacial score (nSPS) is 10.1. The van der Waals surface area contributed by atoms with Crippen molar-refractivity contribution in [1.82, 2.24) is 0 Å². The maximum atomic E-state index is 11.0. The molecular formula is C12H8N2O2. The van der Waals surface area contributed by atoms with Crippen molar-refractivity contribution in [2.45, 2.75) is 0 Å². The van der Waals surface area contributed by atoms with Crippen LogP contribution >= 0.6 is 0 Å². The maximum Gasteiger partial charge on any atom is 0.331 e. The van der Waals surface area contributed by atoms with Gasteiger partial charge in [-0.05, 0) is 6.07 Å². The van der Waals surface area contributed by atoms with Gasteiger partial charge in [-0.3, -0.25) is 0 Å². The second-order valence-electron chi connectivity index (χ2n) is 2.85. The van der Waals surface area contributed by atoms with Gasteiger partial charge in [-0.1, -0.05) is 18.2 Å². The van der Waals surface area contributed by atoms with Crippen molar-refractivity contribution in [2.24, 2.45) is 0 Å². The highest BCUT2D eigenvalue weighted by Crippen LogP contribution is 2.17. The van der Waals surface area contributed by atoms with Crippen LogP contribution in [-0.4, -0.2) is 13.1 Å². The number of carbonyl (C=O) groups excluding carboxylic acids is 1. The van der Waals surface area contributed by atoms with Gasteiger partial charge in [0.25, 0.3) is 0 Å². The molecule has 0 heterocycles. The Labute approximate surface area is 93.0 Å². The summed E-state index contributed by atoms with van der Waals surface area (Å²) in [7, 11) is 1.23. The summed E-state index contributed by atoms with van der Waals surface area (Å²) in [5.74, 6) is -0.621. The number of allylic oxidation sites excluding steroid dienone is 1. The molecule has 0 N–H and O–H groups in total. The molecule has 0 unspecified atom stereocenters. The van der Waals surface area contributed by atoms with Crippen LogP contribution in [0.4, 0.5) is 0 Å². The first kappa shape index (κ1) is 11.5. The van der Waals surface area contributed by atoms with Crippen LogP contribution in [0.3, 0.4) is 0 Å². The van der Waals surface area contributed by atoms with Gasteiger partial charge < -0.3 is 4.74 Å². The number of hydrogen-bond acceptors (Lipinski definition) is 4. The third kappa shape index (κ3) is 2.46. The van der Waals surface area contributed by atoms with E-state index < -0.39 is 5.97 Å². The molecule has 0 saturated heterocycles. The zero-order valence-corrected chi connectivity index (χ0v) is 8.60. The predicted molar refractivity (Wildman–Crippen MR) is 56.8 cm³/mol. The number of nitriles is 2. The van der Waals surface area contributed by atoms with Gasteiger partial charge in [0.2, 0.25) is 0 Å². The van der Waals surface area contributed by atoms with Crippen LogP contribution in [0.15, 0.2) is 30.3 Å². The van der Waals surface area contributed by atoms with Gasteiger partial charge in [0.15, 0.2) is 0 Å². The Morgan fingerprint density at radius 3 is 2.62 bits per heavy atom. The molecule has 0 fully saturated rings. The van der Waals surface area contributed by atoms with Crippen LogP contribution in [0.25, 0.3) is 5.57 Å². The number of rotatable bonds is 2. The molecular weight excluding hydrogens is 204 g/mol. The number of ether oxygens (including phenoxy) is 1. The molecule has 1 aromatic rings. The highest BCUT2D eigenvalue weighted by molar-refractivity contribution is 5.96. The molecule has 0 aliphatic carbocycles. The van der Waals surface area contributed by atoms with E-state index in [0.29, 0.717) is 11.1 Å². The quantitative estimate of drug-likeness (QED) is 0.424. The van der Waals surface area contributed by atoms with Crippen molar-refractivity contribution in [3.63, 3.8) is 0 Å². The van der Waals surface area contributed by atoms with Crippen molar-refractivity contribution in [1.29, 1.82) is 10.5 Å². The van der Waals surface area contributed by atoms with Crippen LogP contribution in [0.1, 0.15) is 11.1 Å². The Kier molecular flexibility index (Phi) is 3.83. The molecule has 1 aromatic carbocycles. The van der Waals surface area contributed by atoms with Gasteiger partial charge in [-0.25, -0.2) is 4.79 Å². The summed E-state index contributed by atoms with van der Waals surface area (Å²) < 4.78 is 4.43. The molecule has 0 atom stereocenters. The number of nitrogens with zero attached hydrogens (tertiary/aromatic N) is 2. The van der Waals surface area contributed by atoms with E-state index in [9.17, 15) is 4.79 Å². The monoisotopic (exact) mass is 212 g/mol.